The van der Waals surface area contributed by atoms with Crippen molar-refractivity contribution < 1.29 is 9.47 Å². The Kier molecular flexibility index (Phi) is 4.91. The van der Waals surface area contributed by atoms with Crippen LogP contribution in [0.5, 0.6) is 0 Å². The highest BCUT2D eigenvalue weighted by molar-refractivity contribution is 7.09. The maximum atomic E-state index is 5.59. The lowest BCUT2D eigenvalue weighted by Crippen LogP contribution is -2.38. The van der Waals surface area contributed by atoms with Gasteiger partial charge in [-0.05, 0) is 13.3 Å². The fourth-order valence-corrected chi connectivity index (χ4v) is 2.59. The number of rotatable bonds is 5. The van der Waals surface area contributed by atoms with Crippen LogP contribution < -0.4 is 5.32 Å². The summed E-state index contributed by atoms with van der Waals surface area (Å²) in [4.78, 5) is 4.58. The van der Waals surface area contributed by atoms with E-state index in [4.69, 9.17) is 9.47 Å². The first kappa shape index (κ1) is 13.0. The number of aromatic nitrogens is 1. The zero-order valence-corrected chi connectivity index (χ0v) is 11.3. The van der Waals surface area contributed by atoms with Crippen molar-refractivity contribution in [3.63, 3.8) is 0 Å². The number of aryl methyl sites for hydroxylation is 1. The molecule has 1 fully saturated rings. The van der Waals surface area contributed by atoms with Crippen LogP contribution in [-0.4, -0.2) is 37.5 Å². The summed E-state index contributed by atoms with van der Waals surface area (Å²) in [6.45, 7) is 7.21. The largest absolute Gasteiger partial charge is 0.376 e. The molecule has 0 radical (unpaired) electrons. The molecule has 5 heteroatoms. The summed E-state index contributed by atoms with van der Waals surface area (Å²) in [7, 11) is 0. The molecule has 0 amide bonds. The summed E-state index contributed by atoms with van der Waals surface area (Å²) in [5.41, 5.74) is 1.13. The first-order valence-electron chi connectivity index (χ1n) is 6.16. The molecule has 0 aromatic carbocycles. The zero-order valence-electron chi connectivity index (χ0n) is 10.4. The Morgan fingerprint density at radius 3 is 3.12 bits per heavy atom. The summed E-state index contributed by atoms with van der Waals surface area (Å²) in [6.07, 6.45) is 1.19. The van der Waals surface area contributed by atoms with Crippen LogP contribution in [0.1, 0.15) is 30.6 Å². The molecule has 0 bridgehead atoms. The fourth-order valence-electron chi connectivity index (χ4n) is 1.75. The molecule has 1 N–H and O–H groups in total. The molecule has 1 aliphatic rings. The van der Waals surface area contributed by atoms with Crippen molar-refractivity contribution >= 4 is 11.3 Å². The van der Waals surface area contributed by atoms with Gasteiger partial charge in [0.25, 0.3) is 0 Å². The number of ether oxygens (including phenoxy) is 2. The van der Waals surface area contributed by atoms with Crippen LogP contribution in [0.25, 0.3) is 0 Å². The van der Waals surface area contributed by atoms with Gasteiger partial charge in [-0.15, -0.1) is 11.3 Å². The Hall–Kier alpha value is -0.490. The Labute approximate surface area is 106 Å². The maximum absolute atomic E-state index is 5.59. The lowest BCUT2D eigenvalue weighted by Gasteiger charge is -2.24. The highest BCUT2D eigenvalue weighted by Gasteiger charge is 2.16. The van der Waals surface area contributed by atoms with Crippen LogP contribution in [0.2, 0.25) is 0 Å². The van der Waals surface area contributed by atoms with Gasteiger partial charge in [0.2, 0.25) is 0 Å². The first-order valence-corrected chi connectivity index (χ1v) is 7.04. The second-order valence-electron chi connectivity index (χ2n) is 4.22. The van der Waals surface area contributed by atoms with Gasteiger partial charge in [0.1, 0.15) is 0 Å². The minimum atomic E-state index is 0.176. The molecule has 0 saturated carbocycles. The van der Waals surface area contributed by atoms with Gasteiger partial charge in [-0.2, -0.15) is 0 Å². The van der Waals surface area contributed by atoms with E-state index in [0.717, 1.165) is 25.3 Å². The molecule has 17 heavy (non-hydrogen) atoms. The van der Waals surface area contributed by atoms with E-state index in [1.165, 1.54) is 5.01 Å². The SMILES string of the molecule is CCc1nc(C(C)NC[C@H]2COCCO2)cs1. The number of nitrogens with one attached hydrogen (secondary N) is 1. The van der Waals surface area contributed by atoms with E-state index in [-0.39, 0.29) is 12.1 Å². The Morgan fingerprint density at radius 2 is 2.47 bits per heavy atom. The van der Waals surface area contributed by atoms with Crippen LogP contribution in [0.4, 0.5) is 0 Å². The first-order chi connectivity index (χ1) is 8.29. The number of hydrogen-bond acceptors (Lipinski definition) is 5. The van der Waals surface area contributed by atoms with E-state index in [2.05, 4.69) is 29.5 Å². The van der Waals surface area contributed by atoms with Crippen LogP contribution in [-0.2, 0) is 15.9 Å². The van der Waals surface area contributed by atoms with Gasteiger partial charge in [0.05, 0.1) is 36.6 Å². The molecule has 1 unspecified atom stereocenters. The summed E-state index contributed by atoms with van der Waals surface area (Å²) >= 11 is 1.73. The van der Waals surface area contributed by atoms with Crippen molar-refractivity contribution in [2.24, 2.45) is 0 Å². The maximum Gasteiger partial charge on any atom is 0.0933 e. The van der Waals surface area contributed by atoms with E-state index >= 15 is 0 Å². The molecule has 2 heterocycles. The van der Waals surface area contributed by atoms with Crippen molar-refractivity contribution in [3.05, 3.63) is 16.1 Å². The van der Waals surface area contributed by atoms with Crippen LogP contribution in [0, 0.1) is 0 Å². The summed E-state index contributed by atoms with van der Waals surface area (Å²) in [5, 5.41) is 6.78. The highest BCUT2D eigenvalue weighted by atomic mass is 32.1. The lowest BCUT2D eigenvalue weighted by atomic mass is 10.2. The molecular formula is C12H20N2O2S. The Balaban J connectivity index is 1.77. The van der Waals surface area contributed by atoms with Crippen LogP contribution >= 0.6 is 11.3 Å². The van der Waals surface area contributed by atoms with Gasteiger partial charge in [-0.3, -0.25) is 0 Å². The van der Waals surface area contributed by atoms with Gasteiger partial charge in [0.15, 0.2) is 0 Å². The molecular weight excluding hydrogens is 236 g/mol. The van der Waals surface area contributed by atoms with Gasteiger partial charge in [0, 0.05) is 18.0 Å². The normalized spacial score (nSPS) is 22.6. The minimum absolute atomic E-state index is 0.176. The molecule has 2 rings (SSSR count). The quantitative estimate of drug-likeness (QED) is 0.872. The second-order valence-corrected chi connectivity index (χ2v) is 5.16. The molecule has 4 nitrogen and oxygen atoms in total. The zero-order chi connectivity index (χ0) is 12.1. The third-order valence-electron chi connectivity index (χ3n) is 2.85. The molecule has 1 aromatic heterocycles. The highest BCUT2D eigenvalue weighted by Crippen LogP contribution is 2.17. The minimum Gasteiger partial charge on any atom is -0.376 e. The fraction of sp³-hybridized carbons (Fsp3) is 0.750. The molecule has 0 spiro atoms. The number of nitrogens with zero attached hydrogens (tertiary/aromatic N) is 1. The molecule has 0 aliphatic carbocycles. The van der Waals surface area contributed by atoms with Crippen molar-refractivity contribution in [1.29, 1.82) is 0 Å². The molecule has 1 saturated heterocycles. The monoisotopic (exact) mass is 256 g/mol. The van der Waals surface area contributed by atoms with E-state index in [9.17, 15) is 0 Å². The molecule has 1 aromatic rings. The van der Waals surface area contributed by atoms with Crippen molar-refractivity contribution in [2.45, 2.75) is 32.4 Å². The topological polar surface area (TPSA) is 43.4 Å². The third-order valence-corrected chi connectivity index (χ3v) is 3.86. The lowest BCUT2D eigenvalue weighted by molar-refractivity contribution is -0.0870. The molecule has 1 aliphatic heterocycles. The average molecular weight is 256 g/mol. The molecule has 96 valence electrons. The van der Waals surface area contributed by atoms with Crippen LogP contribution in [0.3, 0.4) is 0 Å². The van der Waals surface area contributed by atoms with E-state index in [1.54, 1.807) is 11.3 Å². The summed E-state index contributed by atoms with van der Waals surface area (Å²) in [6, 6.07) is 0.275. The second kappa shape index (κ2) is 6.44. The average Bonchev–Trinajstić information content (AvgIpc) is 2.86. The smallest absolute Gasteiger partial charge is 0.0933 e. The summed E-state index contributed by atoms with van der Waals surface area (Å²) in [5.74, 6) is 0. The standard InChI is InChI=1S/C12H20N2O2S/c1-3-12-14-11(8-17-12)9(2)13-6-10-7-15-4-5-16-10/h8-10,13H,3-7H2,1-2H3/t9?,10-/m0/s1. The van der Waals surface area contributed by atoms with Crippen molar-refractivity contribution in [1.82, 2.24) is 10.3 Å². The van der Waals surface area contributed by atoms with Gasteiger partial charge in [-0.1, -0.05) is 6.92 Å². The number of thiazole rings is 1. The van der Waals surface area contributed by atoms with E-state index in [0.29, 0.717) is 13.2 Å². The van der Waals surface area contributed by atoms with Crippen LogP contribution in [0.15, 0.2) is 5.38 Å². The number of hydrogen-bond donors (Lipinski definition) is 1. The van der Waals surface area contributed by atoms with Gasteiger partial charge in [-0.25, -0.2) is 4.98 Å². The third kappa shape index (κ3) is 3.74. The summed E-state index contributed by atoms with van der Waals surface area (Å²) < 4.78 is 10.9. The van der Waals surface area contributed by atoms with Crippen molar-refractivity contribution in [3.8, 4) is 0 Å². The predicted octanol–water partition coefficient (Wildman–Crippen LogP) is 1.77. The predicted molar refractivity (Wildman–Crippen MR) is 68.5 cm³/mol. The van der Waals surface area contributed by atoms with Crippen molar-refractivity contribution in [2.75, 3.05) is 26.4 Å². The van der Waals surface area contributed by atoms with Gasteiger partial charge < -0.3 is 14.8 Å². The Morgan fingerprint density at radius 1 is 1.59 bits per heavy atom. The molecule has 2 atom stereocenters. The van der Waals surface area contributed by atoms with E-state index in [1.807, 2.05) is 0 Å². The van der Waals surface area contributed by atoms with Gasteiger partial charge >= 0.3 is 0 Å². The van der Waals surface area contributed by atoms with E-state index < -0.39 is 0 Å². The Bertz CT molecular complexity index is 337.